The van der Waals surface area contributed by atoms with E-state index in [1.54, 1.807) is 12.1 Å². The molecular formula is C16H15N3O4S. The third-order valence-corrected chi connectivity index (χ3v) is 4.79. The lowest BCUT2D eigenvalue weighted by molar-refractivity contribution is -0.385. The van der Waals surface area contributed by atoms with Crippen molar-refractivity contribution in [3.63, 3.8) is 0 Å². The maximum Gasteiger partial charge on any atom is 0.311 e. The van der Waals surface area contributed by atoms with E-state index >= 15 is 0 Å². The zero-order chi connectivity index (χ0) is 17.1. The highest BCUT2D eigenvalue weighted by atomic mass is 32.2. The molecule has 0 radical (unpaired) electrons. The summed E-state index contributed by atoms with van der Waals surface area (Å²) in [5.74, 6) is 0.428. The smallest absolute Gasteiger partial charge is 0.311 e. The first-order valence-corrected chi connectivity index (χ1v) is 8.22. The van der Waals surface area contributed by atoms with Crippen molar-refractivity contribution in [1.29, 1.82) is 0 Å². The van der Waals surface area contributed by atoms with Crippen molar-refractivity contribution < 1.29 is 14.5 Å². The number of methoxy groups -OCH3 is 1. The van der Waals surface area contributed by atoms with Gasteiger partial charge in [-0.25, -0.2) is 5.01 Å². The number of amides is 1. The van der Waals surface area contributed by atoms with Crippen LogP contribution in [0.4, 0.5) is 11.4 Å². The molecule has 2 aromatic rings. The van der Waals surface area contributed by atoms with Gasteiger partial charge in [-0.15, -0.1) is 11.8 Å². The van der Waals surface area contributed by atoms with Crippen LogP contribution in [0.2, 0.25) is 0 Å². The van der Waals surface area contributed by atoms with Crippen LogP contribution in [-0.4, -0.2) is 28.7 Å². The van der Waals surface area contributed by atoms with E-state index in [0.29, 0.717) is 11.3 Å². The van der Waals surface area contributed by atoms with Gasteiger partial charge in [-0.2, -0.15) is 0 Å². The first-order chi connectivity index (χ1) is 11.6. The van der Waals surface area contributed by atoms with Gasteiger partial charge < -0.3 is 4.74 Å². The topological polar surface area (TPSA) is 84.7 Å². The van der Waals surface area contributed by atoms with Gasteiger partial charge in [0, 0.05) is 6.07 Å². The molecule has 1 atom stereocenters. The van der Waals surface area contributed by atoms with Crippen molar-refractivity contribution in [2.75, 3.05) is 18.3 Å². The van der Waals surface area contributed by atoms with E-state index in [9.17, 15) is 14.9 Å². The Morgan fingerprint density at radius 3 is 2.71 bits per heavy atom. The minimum atomic E-state index is -0.487. The lowest BCUT2D eigenvalue weighted by Crippen LogP contribution is -2.33. The SMILES string of the molecule is COc1ccc(C2SCC(=O)N2Nc2ccccc2)cc1[N+](=O)[O-]. The summed E-state index contributed by atoms with van der Waals surface area (Å²) < 4.78 is 5.02. The number of nitrogens with one attached hydrogen (secondary N) is 1. The molecule has 7 nitrogen and oxygen atoms in total. The quantitative estimate of drug-likeness (QED) is 0.662. The molecule has 0 bridgehead atoms. The van der Waals surface area contributed by atoms with Crippen LogP contribution in [0, 0.1) is 10.1 Å². The number of rotatable bonds is 5. The number of hydrogen-bond donors (Lipinski definition) is 1. The fourth-order valence-corrected chi connectivity index (χ4v) is 3.54. The van der Waals surface area contributed by atoms with Gasteiger partial charge in [-0.3, -0.25) is 20.3 Å². The molecule has 0 aromatic heterocycles. The van der Waals surface area contributed by atoms with Gasteiger partial charge >= 0.3 is 5.69 Å². The van der Waals surface area contributed by atoms with Crippen LogP contribution in [0.25, 0.3) is 0 Å². The predicted octanol–water partition coefficient (Wildman–Crippen LogP) is 3.20. The van der Waals surface area contributed by atoms with Crippen LogP contribution >= 0.6 is 11.8 Å². The molecule has 1 amide bonds. The molecular weight excluding hydrogens is 330 g/mol. The Bertz CT molecular complexity index is 769. The third-order valence-electron chi connectivity index (χ3n) is 3.58. The Morgan fingerprint density at radius 2 is 2.04 bits per heavy atom. The molecule has 1 N–H and O–H groups in total. The van der Waals surface area contributed by atoms with Crippen molar-refractivity contribution in [2.45, 2.75) is 5.37 Å². The molecule has 1 heterocycles. The number of ether oxygens (including phenoxy) is 1. The number of nitro benzene ring substituents is 1. The number of anilines is 1. The van der Waals surface area contributed by atoms with Crippen LogP contribution in [0.3, 0.4) is 0 Å². The summed E-state index contributed by atoms with van der Waals surface area (Å²) in [4.78, 5) is 22.9. The van der Waals surface area contributed by atoms with E-state index in [-0.39, 0.29) is 22.7 Å². The summed E-state index contributed by atoms with van der Waals surface area (Å²) in [6.45, 7) is 0. The molecule has 1 saturated heterocycles. The average molecular weight is 345 g/mol. The van der Waals surface area contributed by atoms with E-state index in [0.717, 1.165) is 5.69 Å². The van der Waals surface area contributed by atoms with E-state index < -0.39 is 4.92 Å². The summed E-state index contributed by atoms with van der Waals surface area (Å²) in [6, 6.07) is 14.1. The second-order valence-corrected chi connectivity index (χ2v) is 6.16. The van der Waals surface area contributed by atoms with Crippen molar-refractivity contribution in [1.82, 2.24) is 5.01 Å². The van der Waals surface area contributed by atoms with Gasteiger partial charge in [0.2, 0.25) is 0 Å². The number of hydrazine groups is 1. The molecule has 2 aromatic carbocycles. The molecule has 0 aliphatic carbocycles. The number of thioether (sulfide) groups is 1. The first-order valence-electron chi connectivity index (χ1n) is 7.18. The predicted molar refractivity (Wildman–Crippen MR) is 91.8 cm³/mol. The van der Waals surface area contributed by atoms with Crippen molar-refractivity contribution in [2.24, 2.45) is 0 Å². The lowest BCUT2D eigenvalue weighted by Gasteiger charge is -2.25. The number of nitrogens with zero attached hydrogens (tertiary/aromatic N) is 2. The van der Waals surface area contributed by atoms with E-state index in [1.165, 1.54) is 29.9 Å². The van der Waals surface area contributed by atoms with E-state index in [4.69, 9.17) is 4.74 Å². The molecule has 8 heteroatoms. The molecule has 1 aliphatic heterocycles. The minimum Gasteiger partial charge on any atom is -0.490 e. The average Bonchev–Trinajstić information content (AvgIpc) is 2.96. The second kappa shape index (κ2) is 6.79. The van der Waals surface area contributed by atoms with Crippen LogP contribution in [0.15, 0.2) is 48.5 Å². The molecule has 24 heavy (non-hydrogen) atoms. The highest BCUT2D eigenvalue weighted by Gasteiger charge is 2.34. The minimum absolute atomic E-state index is 0.0766. The summed E-state index contributed by atoms with van der Waals surface area (Å²) in [5.41, 5.74) is 4.41. The Kier molecular flexibility index (Phi) is 4.57. The second-order valence-electron chi connectivity index (χ2n) is 5.09. The Hall–Kier alpha value is -2.74. The van der Waals surface area contributed by atoms with E-state index in [1.807, 2.05) is 30.3 Å². The number of carbonyl (C=O) groups excluding carboxylic acids is 1. The van der Waals surface area contributed by atoms with Crippen molar-refractivity contribution in [3.05, 3.63) is 64.2 Å². The zero-order valence-electron chi connectivity index (χ0n) is 12.8. The maximum atomic E-state index is 12.2. The summed E-state index contributed by atoms with van der Waals surface area (Å²) in [5, 5.41) is 12.4. The highest BCUT2D eigenvalue weighted by Crippen LogP contribution is 2.41. The largest absolute Gasteiger partial charge is 0.490 e. The molecule has 124 valence electrons. The van der Waals surface area contributed by atoms with Gasteiger partial charge in [-0.1, -0.05) is 24.3 Å². The van der Waals surface area contributed by atoms with Crippen LogP contribution in [0.5, 0.6) is 5.75 Å². The van der Waals surface area contributed by atoms with Gasteiger partial charge in [0.1, 0.15) is 5.37 Å². The number of hydrogen-bond acceptors (Lipinski definition) is 6. The van der Waals surface area contributed by atoms with Gasteiger partial charge in [0.05, 0.1) is 23.5 Å². The first kappa shape index (κ1) is 16.1. The van der Waals surface area contributed by atoms with Gasteiger partial charge in [0.15, 0.2) is 5.75 Å². The number of nitro groups is 1. The normalized spacial score (nSPS) is 17.0. The lowest BCUT2D eigenvalue weighted by atomic mass is 10.1. The Balaban J connectivity index is 1.91. The van der Waals surface area contributed by atoms with Gasteiger partial charge in [0.25, 0.3) is 5.91 Å². The Morgan fingerprint density at radius 1 is 1.29 bits per heavy atom. The standard InChI is InChI=1S/C16H15N3O4S/c1-23-14-8-7-11(9-13(14)19(21)22)16-18(15(20)10-24-16)17-12-5-3-2-4-6-12/h2-9,16-17H,10H2,1H3. The van der Waals surface area contributed by atoms with Crippen molar-refractivity contribution >= 4 is 29.0 Å². The molecule has 1 fully saturated rings. The number of benzene rings is 2. The Labute approximate surface area is 142 Å². The third kappa shape index (κ3) is 3.13. The number of para-hydroxylation sites is 1. The molecule has 1 unspecified atom stereocenters. The highest BCUT2D eigenvalue weighted by molar-refractivity contribution is 8.00. The maximum absolute atomic E-state index is 12.2. The van der Waals surface area contributed by atoms with Crippen LogP contribution in [-0.2, 0) is 4.79 Å². The molecule has 1 aliphatic rings. The summed E-state index contributed by atoms with van der Waals surface area (Å²) >= 11 is 1.42. The number of carbonyl (C=O) groups is 1. The fourth-order valence-electron chi connectivity index (χ4n) is 2.45. The molecule has 3 rings (SSSR count). The fraction of sp³-hybridized carbons (Fsp3) is 0.188. The van der Waals surface area contributed by atoms with Gasteiger partial charge in [-0.05, 0) is 23.8 Å². The summed E-state index contributed by atoms with van der Waals surface area (Å²) in [7, 11) is 1.39. The van der Waals surface area contributed by atoms with E-state index in [2.05, 4.69) is 5.43 Å². The molecule has 0 spiro atoms. The zero-order valence-corrected chi connectivity index (χ0v) is 13.7. The molecule has 0 saturated carbocycles. The summed E-state index contributed by atoms with van der Waals surface area (Å²) in [6.07, 6.45) is 0. The monoisotopic (exact) mass is 345 g/mol. The van der Waals surface area contributed by atoms with Crippen LogP contribution in [0.1, 0.15) is 10.9 Å². The van der Waals surface area contributed by atoms with Crippen molar-refractivity contribution in [3.8, 4) is 5.75 Å². The van der Waals surface area contributed by atoms with Crippen LogP contribution < -0.4 is 10.2 Å².